The number of piperidine rings is 1. The Morgan fingerprint density at radius 1 is 1.04 bits per heavy atom. The summed E-state index contributed by atoms with van der Waals surface area (Å²) in [5, 5.41) is 2.90. The molecule has 1 saturated heterocycles. The Morgan fingerprint density at radius 2 is 1.76 bits per heavy atom. The Morgan fingerprint density at radius 3 is 2.48 bits per heavy atom. The molecule has 1 aromatic carbocycles. The summed E-state index contributed by atoms with van der Waals surface area (Å²) < 4.78 is 38.4. The van der Waals surface area contributed by atoms with E-state index in [0.29, 0.717) is 30.2 Å². The number of hydrogen-bond donors (Lipinski definition) is 1. The molecule has 1 N–H and O–H groups in total. The van der Waals surface area contributed by atoms with Crippen molar-refractivity contribution in [3.05, 3.63) is 53.9 Å². The molecule has 0 bridgehead atoms. The van der Waals surface area contributed by atoms with E-state index in [4.69, 9.17) is 0 Å². The number of pyridine rings is 1. The molecule has 0 radical (unpaired) electrons. The predicted molar refractivity (Wildman–Crippen MR) is 88.7 cm³/mol. The van der Waals surface area contributed by atoms with Crippen LogP contribution >= 0.6 is 0 Å². The Hall–Kier alpha value is -2.57. The topological polar surface area (TPSA) is 45.2 Å². The number of nitrogens with zero attached hydrogens (tertiary/aromatic N) is 2. The SMILES string of the molecule is O=C(c1cc(Nc2cccc(C(F)(F)F)c2)ccn1)N1CCCCC1. The fourth-order valence-electron chi connectivity index (χ4n) is 2.82. The van der Waals surface area contributed by atoms with Crippen molar-refractivity contribution in [2.45, 2.75) is 25.4 Å². The van der Waals surface area contributed by atoms with Crippen molar-refractivity contribution >= 4 is 17.3 Å². The molecule has 1 aliphatic rings. The quantitative estimate of drug-likeness (QED) is 0.889. The number of halogens is 3. The zero-order valence-corrected chi connectivity index (χ0v) is 13.5. The molecule has 0 spiro atoms. The van der Waals surface area contributed by atoms with Crippen LogP contribution in [-0.2, 0) is 6.18 Å². The highest BCUT2D eigenvalue weighted by Gasteiger charge is 2.30. The molecule has 4 nitrogen and oxygen atoms in total. The third-order valence-corrected chi connectivity index (χ3v) is 4.10. The van der Waals surface area contributed by atoms with Crippen LogP contribution in [0.4, 0.5) is 24.5 Å². The molecule has 1 amide bonds. The van der Waals surface area contributed by atoms with Gasteiger partial charge < -0.3 is 10.2 Å². The third-order valence-electron chi connectivity index (χ3n) is 4.10. The Bertz CT molecular complexity index is 755. The first-order chi connectivity index (χ1) is 11.9. The number of amides is 1. The average Bonchev–Trinajstić information content (AvgIpc) is 2.61. The molecule has 25 heavy (non-hydrogen) atoms. The third kappa shape index (κ3) is 4.29. The monoisotopic (exact) mass is 349 g/mol. The molecule has 132 valence electrons. The first kappa shape index (κ1) is 17.3. The fourth-order valence-corrected chi connectivity index (χ4v) is 2.82. The maximum Gasteiger partial charge on any atom is 0.416 e. The van der Waals surface area contributed by atoms with E-state index in [0.717, 1.165) is 31.4 Å². The molecule has 2 aromatic rings. The Labute approximate surface area is 143 Å². The summed E-state index contributed by atoms with van der Waals surface area (Å²) in [5.41, 5.74) is 0.391. The zero-order valence-electron chi connectivity index (χ0n) is 13.5. The van der Waals surface area contributed by atoms with Gasteiger partial charge >= 0.3 is 6.18 Å². The van der Waals surface area contributed by atoms with Crippen LogP contribution in [0, 0.1) is 0 Å². The first-order valence-corrected chi connectivity index (χ1v) is 8.13. The highest BCUT2D eigenvalue weighted by atomic mass is 19.4. The molecule has 0 unspecified atom stereocenters. The van der Waals surface area contributed by atoms with Crippen LogP contribution in [-0.4, -0.2) is 28.9 Å². The average molecular weight is 349 g/mol. The summed E-state index contributed by atoms with van der Waals surface area (Å²) in [6.45, 7) is 1.43. The number of aromatic nitrogens is 1. The molecule has 1 fully saturated rings. The van der Waals surface area contributed by atoms with Crippen molar-refractivity contribution in [1.29, 1.82) is 0 Å². The summed E-state index contributed by atoms with van der Waals surface area (Å²) in [7, 11) is 0. The van der Waals surface area contributed by atoms with Crippen LogP contribution in [0.15, 0.2) is 42.6 Å². The summed E-state index contributed by atoms with van der Waals surface area (Å²) in [6.07, 6.45) is 0.161. The van der Waals surface area contributed by atoms with Crippen molar-refractivity contribution in [3.63, 3.8) is 0 Å². The van der Waals surface area contributed by atoms with Crippen molar-refractivity contribution in [3.8, 4) is 0 Å². The highest BCUT2D eigenvalue weighted by molar-refractivity contribution is 5.93. The minimum Gasteiger partial charge on any atom is -0.355 e. The molecular formula is C18H18F3N3O. The van der Waals surface area contributed by atoms with Gasteiger partial charge in [-0.1, -0.05) is 6.07 Å². The van der Waals surface area contributed by atoms with Gasteiger partial charge in [-0.3, -0.25) is 9.78 Å². The number of hydrogen-bond acceptors (Lipinski definition) is 3. The summed E-state index contributed by atoms with van der Waals surface area (Å²) in [5.74, 6) is -0.146. The number of anilines is 2. The maximum absolute atomic E-state index is 12.8. The summed E-state index contributed by atoms with van der Waals surface area (Å²) in [6, 6.07) is 8.12. The first-order valence-electron chi connectivity index (χ1n) is 8.13. The molecule has 1 aromatic heterocycles. The molecule has 7 heteroatoms. The molecule has 0 aliphatic carbocycles. The molecule has 2 heterocycles. The molecule has 1 aliphatic heterocycles. The van der Waals surface area contributed by atoms with Gasteiger partial charge in [0.15, 0.2) is 0 Å². The van der Waals surface area contributed by atoms with Crippen molar-refractivity contribution in [2.75, 3.05) is 18.4 Å². The molecular weight excluding hydrogens is 331 g/mol. The fraction of sp³-hybridized carbons (Fsp3) is 0.333. The molecule has 3 rings (SSSR count). The zero-order chi connectivity index (χ0) is 17.9. The van der Waals surface area contributed by atoms with Crippen molar-refractivity contribution < 1.29 is 18.0 Å². The smallest absolute Gasteiger partial charge is 0.355 e. The predicted octanol–water partition coefficient (Wildman–Crippen LogP) is 4.47. The largest absolute Gasteiger partial charge is 0.416 e. The van der Waals surface area contributed by atoms with Crippen molar-refractivity contribution in [1.82, 2.24) is 9.88 Å². The van der Waals surface area contributed by atoms with Crippen molar-refractivity contribution in [2.24, 2.45) is 0 Å². The summed E-state index contributed by atoms with van der Waals surface area (Å²) in [4.78, 5) is 18.3. The van der Waals surface area contributed by atoms with Crippen LogP contribution in [0.5, 0.6) is 0 Å². The number of nitrogens with one attached hydrogen (secondary N) is 1. The van der Waals surface area contributed by atoms with Gasteiger partial charge in [-0.25, -0.2) is 0 Å². The molecule has 0 atom stereocenters. The lowest BCUT2D eigenvalue weighted by molar-refractivity contribution is -0.137. The second-order valence-electron chi connectivity index (χ2n) is 5.99. The highest BCUT2D eigenvalue weighted by Crippen LogP contribution is 2.31. The number of carbonyl (C=O) groups is 1. The second kappa shape index (κ2) is 7.13. The van der Waals surface area contributed by atoms with Crippen LogP contribution in [0.25, 0.3) is 0 Å². The van der Waals surface area contributed by atoms with Gasteiger partial charge in [0.05, 0.1) is 5.56 Å². The minimum atomic E-state index is -4.40. The van der Waals surface area contributed by atoms with E-state index < -0.39 is 11.7 Å². The standard InChI is InChI=1S/C18H18F3N3O/c19-18(20,21)13-5-4-6-14(11-13)23-15-7-8-22-16(12-15)17(25)24-9-2-1-3-10-24/h4-8,11-12H,1-3,9-10H2,(H,22,23). The second-order valence-corrected chi connectivity index (χ2v) is 5.99. The van der Waals surface area contributed by atoms with E-state index in [1.807, 2.05) is 0 Å². The van der Waals surface area contributed by atoms with E-state index in [1.165, 1.54) is 12.3 Å². The Balaban J connectivity index is 1.77. The minimum absolute atomic E-state index is 0.146. The van der Waals surface area contributed by atoms with E-state index in [9.17, 15) is 18.0 Å². The van der Waals surface area contributed by atoms with Gasteiger partial charge in [0.2, 0.25) is 0 Å². The lowest BCUT2D eigenvalue weighted by Gasteiger charge is -2.26. The van der Waals surface area contributed by atoms with E-state index in [1.54, 1.807) is 23.1 Å². The van der Waals surface area contributed by atoms with Crippen LogP contribution in [0.1, 0.15) is 35.3 Å². The van der Waals surface area contributed by atoms with Gasteiger partial charge in [-0.15, -0.1) is 0 Å². The normalized spacial score (nSPS) is 15.1. The number of rotatable bonds is 3. The van der Waals surface area contributed by atoms with Gasteiger partial charge in [0.25, 0.3) is 5.91 Å². The van der Waals surface area contributed by atoms with E-state index in [-0.39, 0.29) is 5.91 Å². The number of alkyl halides is 3. The maximum atomic E-state index is 12.8. The number of carbonyl (C=O) groups excluding carboxylic acids is 1. The van der Waals surface area contributed by atoms with E-state index >= 15 is 0 Å². The van der Waals surface area contributed by atoms with Crippen LogP contribution in [0.2, 0.25) is 0 Å². The Kier molecular flexibility index (Phi) is 4.92. The number of likely N-dealkylation sites (tertiary alicyclic amines) is 1. The van der Waals surface area contributed by atoms with E-state index in [2.05, 4.69) is 10.3 Å². The van der Waals surface area contributed by atoms with Gasteiger partial charge in [-0.2, -0.15) is 13.2 Å². The molecule has 0 saturated carbocycles. The van der Waals surface area contributed by atoms with Gasteiger partial charge in [0.1, 0.15) is 5.69 Å². The van der Waals surface area contributed by atoms with Crippen LogP contribution < -0.4 is 5.32 Å². The lowest BCUT2D eigenvalue weighted by Crippen LogP contribution is -2.36. The van der Waals surface area contributed by atoms with Gasteiger partial charge in [0, 0.05) is 30.7 Å². The van der Waals surface area contributed by atoms with Crippen LogP contribution in [0.3, 0.4) is 0 Å². The van der Waals surface area contributed by atoms with Gasteiger partial charge in [-0.05, 0) is 49.6 Å². The summed E-state index contributed by atoms with van der Waals surface area (Å²) >= 11 is 0. The lowest BCUT2D eigenvalue weighted by atomic mass is 10.1. The number of benzene rings is 1.